The van der Waals surface area contributed by atoms with E-state index in [2.05, 4.69) is 21.6 Å². The van der Waals surface area contributed by atoms with Crippen LogP contribution in [0.4, 0.5) is 0 Å². The van der Waals surface area contributed by atoms with Crippen LogP contribution in [0.5, 0.6) is 0 Å². The lowest BCUT2D eigenvalue weighted by Crippen LogP contribution is -2.33. The fourth-order valence-electron chi connectivity index (χ4n) is 2.29. The van der Waals surface area contributed by atoms with Gasteiger partial charge in [-0.15, -0.1) is 0 Å². The normalized spacial score (nSPS) is 20.4. The van der Waals surface area contributed by atoms with Crippen LogP contribution in [0.1, 0.15) is 24.1 Å². The van der Waals surface area contributed by atoms with Gasteiger partial charge in [0.1, 0.15) is 0 Å². The molecule has 4 nitrogen and oxygen atoms in total. The summed E-state index contributed by atoms with van der Waals surface area (Å²) in [5.41, 5.74) is 3.13. The first-order chi connectivity index (χ1) is 8.81. The summed E-state index contributed by atoms with van der Waals surface area (Å²) in [6.45, 7) is 2.87. The van der Waals surface area contributed by atoms with Crippen LogP contribution in [0, 0.1) is 6.92 Å². The molecule has 3 heterocycles. The van der Waals surface area contributed by atoms with Crippen molar-refractivity contribution in [3.63, 3.8) is 0 Å². The summed E-state index contributed by atoms with van der Waals surface area (Å²) in [7, 11) is 0. The van der Waals surface area contributed by atoms with Crippen molar-refractivity contribution in [2.45, 2.75) is 32.4 Å². The molecule has 1 atom stereocenters. The van der Waals surface area contributed by atoms with Crippen LogP contribution in [-0.2, 0) is 6.54 Å². The van der Waals surface area contributed by atoms with Gasteiger partial charge in [0.25, 0.3) is 0 Å². The van der Waals surface area contributed by atoms with Crippen LogP contribution in [0.15, 0.2) is 18.5 Å². The van der Waals surface area contributed by atoms with Crippen molar-refractivity contribution in [3.05, 3.63) is 29.7 Å². The minimum absolute atomic E-state index is 0.652. The van der Waals surface area contributed by atoms with Crippen molar-refractivity contribution in [1.29, 1.82) is 0 Å². The van der Waals surface area contributed by atoms with Crippen LogP contribution in [0.2, 0.25) is 0 Å². The molecule has 0 bridgehead atoms. The molecule has 1 unspecified atom stereocenters. The summed E-state index contributed by atoms with van der Waals surface area (Å²) in [5.74, 6) is 2.55. The topological polar surface area (TPSA) is 42.2 Å². The van der Waals surface area contributed by atoms with Crippen LogP contribution in [-0.4, -0.2) is 32.1 Å². The Bertz CT molecular complexity index is 531. The lowest BCUT2D eigenvalue weighted by atomic mass is 10.2. The van der Waals surface area contributed by atoms with Crippen LogP contribution in [0.3, 0.4) is 0 Å². The molecule has 3 rings (SSSR count). The number of aryl methyl sites for hydroxylation is 1. The molecule has 2 aromatic rings. The fourth-order valence-corrected chi connectivity index (χ4v) is 3.40. The standard InChI is InChI=1S/C13H18N4S/c1-10-5-13-15-7-11(8-17(13)16-10)6-14-12-3-2-4-18-9-12/h5,7-8,12,14H,2-4,6,9H2,1H3. The fraction of sp³-hybridized carbons (Fsp3) is 0.538. The molecule has 0 aliphatic carbocycles. The minimum Gasteiger partial charge on any atom is -0.309 e. The Labute approximate surface area is 111 Å². The van der Waals surface area contributed by atoms with Gasteiger partial charge in [0.05, 0.1) is 5.69 Å². The van der Waals surface area contributed by atoms with Gasteiger partial charge in [-0.2, -0.15) is 16.9 Å². The first-order valence-corrected chi connectivity index (χ1v) is 7.59. The molecule has 0 saturated carbocycles. The highest BCUT2D eigenvalue weighted by Gasteiger charge is 2.12. The van der Waals surface area contributed by atoms with Crippen molar-refractivity contribution in [2.24, 2.45) is 0 Å². The summed E-state index contributed by atoms with van der Waals surface area (Å²) in [4.78, 5) is 4.42. The maximum absolute atomic E-state index is 4.42. The third kappa shape index (κ3) is 2.67. The molecule has 1 aliphatic rings. The molecule has 0 radical (unpaired) electrons. The molecule has 96 valence electrons. The monoisotopic (exact) mass is 262 g/mol. The molecule has 0 amide bonds. The van der Waals surface area contributed by atoms with E-state index in [1.807, 2.05) is 35.5 Å². The van der Waals surface area contributed by atoms with Crippen molar-refractivity contribution < 1.29 is 0 Å². The SMILES string of the molecule is Cc1cc2ncc(CNC3CCCSC3)cn2n1. The number of nitrogens with zero attached hydrogens (tertiary/aromatic N) is 3. The molecule has 2 aromatic heterocycles. The predicted molar refractivity (Wildman–Crippen MR) is 74.9 cm³/mol. The summed E-state index contributed by atoms with van der Waals surface area (Å²) in [6, 6.07) is 2.65. The second-order valence-corrected chi connectivity index (χ2v) is 6.00. The number of rotatable bonds is 3. The second kappa shape index (κ2) is 5.28. The zero-order chi connectivity index (χ0) is 12.4. The Morgan fingerprint density at radius 3 is 3.33 bits per heavy atom. The Hall–Kier alpha value is -1.07. The number of aromatic nitrogens is 3. The maximum atomic E-state index is 4.42. The average Bonchev–Trinajstić information content (AvgIpc) is 2.77. The number of nitrogens with one attached hydrogen (secondary N) is 1. The summed E-state index contributed by atoms with van der Waals surface area (Å²) < 4.78 is 1.86. The molecular formula is C13H18N4S. The number of hydrogen-bond donors (Lipinski definition) is 1. The number of fused-ring (bicyclic) bond motifs is 1. The summed E-state index contributed by atoms with van der Waals surface area (Å²) >= 11 is 2.05. The zero-order valence-corrected chi connectivity index (χ0v) is 11.4. The van der Waals surface area contributed by atoms with Crippen molar-refractivity contribution in [1.82, 2.24) is 19.9 Å². The molecule has 1 aliphatic heterocycles. The van der Waals surface area contributed by atoms with E-state index < -0.39 is 0 Å². The zero-order valence-electron chi connectivity index (χ0n) is 10.6. The van der Waals surface area contributed by atoms with Crippen LogP contribution >= 0.6 is 11.8 Å². The van der Waals surface area contributed by atoms with Crippen molar-refractivity contribution in [3.8, 4) is 0 Å². The number of thioether (sulfide) groups is 1. The molecule has 0 aromatic carbocycles. The lowest BCUT2D eigenvalue weighted by Gasteiger charge is -2.22. The van der Waals surface area contributed by atoms with E-state index in [4.69, 9.17) is 0 Å². The maximum Gasteiger partial charge on any atom is 0.155 e. The first-order valence-electron chi connectivity index (χ1n) is 6.43. The Morgan fingerprint density at radius 2 is 2.50 bits per heavy atom. The molecular weight excluding hydrogens is 244 g/mol. The van der Waals surface area contributed by atoms with E-state index >= 15 is 0 Å². The summed E-state index contributed by atoms with van der Waals surface area (Å²) in [6.07, 6.45) is 6.64. The Balaban J connectivity index is 1.66. The predicted octanol–water partition coefficient (Wildman–Crippen LogP) is 2.02. The van der Waals surface area contributed by atoms with E-state index in [9.17, 15) is 0 Å². The van der Waals surface area contributed by atoms with Gasteiger partial charge in [0, 0.05) is 42.4 Å². The molecule has 5 heteroatoms. The van der Waals surface area contributed by atoms with E-state index in [1.165, 1.54) is 29.9 Å². The molecule has 0 spiro atoms. The second-order valence-electron chi connectivity index (χ2n) is 4.85. The van der Waals surface area contributed by atoms with Gasteiger partial charge >= 0.3 is 0 Å². The lowest BCUT2D eigenvalue weighted by molar-refractivity contribution is 0.506. The quantitative estimate of drug-likeness (QED) is 0.919. The van der Waals surface area contributed by atoms with Crippen LogP contribution < -0.4 is 5.32 Å². The van der Waals surface area contributed by atoms with Crippen molar-refractivity contribution >= 4 is 17.4 Å². The third-order valence-electron chi connectivity index (χ3n) is 3.24. The molecule has 1 saturated heterocycles. The van der Waals surface area contributed by atoms with E-state index in [0.717, 1.165) is 17.9 Å². The number of hydrogen-bond acceptors (Lipinski definition) is 4. The van der Waals surface area contributed by atoms with E-state index in [1.54, 1.807) is 0 Å². The first kappa shape index (κ1) is 12.0. The Kier molecular flexibility index (Phi) is 3.52. The highest BCUT2D eigenvalue weighted by atomic mass is 32.2. The van der Waals surface area contributed by atoms with Gasteiger partial charge < -0.3 is 5.32 Å². The largest absolute Gasteiger partial charge is 0.309 e. The minimum atomic E-state index is 0.652. The molecule has 1 fully saturated rings. The Morgan fingerprint density at radius 1 is 1.56 bits per heavy atom. The van der Waals surface area contributed by atoms with Gasteiger partial charge in [-0.25, -0.2) is 9.50 Å². The highest BCUT2D eigenvalue weighted by molar-refractivity contribution is 7.99. The molecule has 18 heavy (non-hydrogen) atoms. The summed E-state index contributed by atoms with van der Waals surface area (Å²) in [5, 5.41) is 8.00. The average molecular weight is 262 g/mol. The van der Waals surface area contributed by atoms with E-state index in [-0.39, 0.29) is 0 Å². The van der Waals surface area contributed by atoms with Gasteiger partial charge in [0.2, 0.25) is 0 Å². The van der Waals surface area contributed by atoms with Gasteiger partial charge in [-0.3, -0.25) is 0 Å². The van der Waals surface area contributed by atoms with Gasteiger partial charge in [-0.1, -0.05) is 0 Å². The van der Waals surface area contributed by atoms with E-state index in [0.29, 0.717) is 6.04 Å². The molecule has 1 N–H and O–H groups in total. The van der Waals surface area contributed by atoms with Crippen LogP contribution in [0.25, 0.3) is 5.65 Å². The third-order valence-corrected chi connectivity index (χ3v) is 4.46. The highest BCUT2D eigenvalue weighted by Crippen LogP contribution is 2.17. The van der Waals surface area contributed by atoms with Gasteiger partial charge in [0.15, 0.2) is 5.65 Å². The van der Waals surface area contributed by atoms with Crippen molar-refractivity contribution in [2.75, 3.05) is 11.5 Å². The smallest absolute Gasteiger partial charge is 0.155 e. The van der Waals surface area contributed by atoms with Gasteiger partial charge in [-0.05, 0) is 25.5 Å².